The van der Waals surface area contributed by atoms with Gasteiger partial charge in [-0.2, -0.15) is 0 Å². The Morgan fingerprint density at radius 2 is 2.06 bits per heavy atom. The van der Waals surface area contributed by atoms with E-state index >= 15 is 0 Å². The van der Waals surface area contributed by atoms with Crippen LogP contribution in [0.1, 0.15) is 22.3 Å². The molecule has 0 saturated carbocycles. The fourth-order valence-corrected chi connectivity index (χ4v) is 5.50. The number of carbonyl (C=O) groups excluding carboxylic acids is 1. The number of amides is 1. The summed E-state index contributed by atoms with van der Waals surface area (Å²) in [6.07, 6.45) is 7.10. The zero-order valence-electron chi connectivity index (χ0n) is 17.5. The number of hydrogen-bond donors (Lipinski definition) is 0. The zero-order valence-corrected chi connectivity index (χ0v) is 19.9. The van der Waals surface area contributed by atoms with Crippen molar-refractivity contribution in [2.24, 2.45) is 0 Å². The van der Waals surface area contributed by atoms with Gasteiger partial charge in [-0.15, -0.1) is 0 Å². The Kier molecular flexibility index (Phi) is 6.32. The average Bonchev–Trinajstić information content (AvgIpc) is 3.40. The summed E-state index contributed by atoms with van der Waals surface area (Å²) in [7, 11) is -3.44. The van der Waals surface area contributed by atoms with Gasteiger partial charge in [-0.25, -0.2) is 18.4 Å². The molecule has 0 aliphatic rings. The predicted octanol–water partition coefficient (Wildman–Crippen LogP) is 4.60. The van der Waals surface area contributed by atoms with Crippen LogP contribution in [0.4, 0.5) is 5.13 Å². The van der Waals surface area contributed by atoms with Gasteiger partial charge >= 0.3 is 0 Å². The number of carbonyl (C=O) groups is 1. The number of thiazole rings is 1. The number of fused-ring (bicyclic) bond motifs is 1. The molecule has 0 fully saturated rings. The maximum absolute atomic E-state index is 13.5. The normalized spacial score (nSPS) is 11.7. The molecule has 4 aromatic rings. The van der Waals surface area contributed by atoms with Gasteiger partial charge < -0.3 is 4.57 Å². The summed E-state index contributed by atoms with van der Waals surface area (Å²) in [5.41, 5.74) is 2.02. The van der Waals surface area contributed by atoms with Crippen molar-refractivity contribution in [3.63, 3.8) is 0 Å². The second-order valence-corrected chi connectivity index (χ2v) is 10.9. The van der Waals surface area contributed by atoms with Crippen LogP contribution in [-0.4, -0.2) is 41.7 Å². The van der Waals surface area contributed by atoms with Gasteiger partial charge in [0.2, 0.25) is 0 Å². The molecule has 0 atom stereocenters. The van der Waals surface area contributed by atoms with Gasteiger partial charge in [-0.3, -0.25) is 9.69 Å². The molecule has 4 rings (SSSR count). The number of benzene rings is 2. The van der Waals surface area contributed by atoms with Gasteiger partial charge in [-0.05, 0) is 49.2 Å². The lowest BCUT2D eigenvalue weighted by Crippen LogP contribution is -2.32. The van der Waals surface area contributed by atoms with Crippen LogP contribution in [0, 0.1) is 6.92 Å². The highest BCUT2D eigenvalue weighted by Gasteiger charge is 2.23. The first-order valence-corrected chi connectivity index (χ1v) is 13.0. The Labute approximate surface area is 195 Å². The summed E-state index contributed by atoms with van der Waals surface area (Å²) < 4.78 is 26.8. The zero-order chi connectivity index (χ0) is 22.9. The van der Waals surface area contributed by atoms with Crippen LogP contribution in [0.3, 0.4) is 0 Å². The molecule has 0 spiro atoms. The Bertz CT molecular complexity index is 1380. The van der Waals surface area contributed by atoms with Crippen molar-refractivity contribution < 1.29 is 13.2 Å². The van der Waals surface area contributed by atoms with Gasteiger partial charge in [0, 0.05) is 42.3 Å². The van der Waals surface area contributed by atoms with Crippen molar-refractivity contribution in [1.82, 2.24) is 14.5 Å². The minimum atomic E-state index is -3.44. The Hall–Kier alpha value is -2.75. The number of aromatic nitrogens is 3. The number of nitrogens with zero attached hydrogens (tertiary/aromatic N) is 4. The van der Waals surface area contributed by atoms with Crippen LogP contribution < -0.4 is 4.90 Å². The SMILES string of the molecule is Cc1cc(Cl)cc2sc(N(CCCn3ccnc3)C(=O)c3cccc(S(C)(=O)=O)c3)nc12. The first kappa shape index (κ1) is 22.4. The molecule has 0 aliphatic carbocycles. The maximum Gasteiger partial charge on any atom is 0.260 e. The smallest absolute Gasteiger partial charge is 0.260 e. The fourth-order valence-electron chi connectivity index (χ4n) is 3.39. The van der Waals surface area contributed by atoms with E-state index in [1.165, 1.54) is 23.5 Å². The Morgan fingerprint density at radius 3 is 2.78 bits per heavy atom. The van der Waals surface area contributed by atoms with Crippen LogP contribution in [-0.2, 0) is 16.4 Å². The van der Waals surface area contributed by atoms with E-state index in [1.54, 1.807) is 29.6 Å². The topological polar surface area (TPSA) is 85.2 Å². The first-order chi connectivity index (χ1) is 15.2. The van der Waals surface area contributed by atoms with Crippen molar-refractivity contribution >= 4 is 54.0 Å². The van der Waals surface area contributed by atoms with Crippen LogP contribution in [0.15, 0.2) is 60.0 Å². The minimum absolute atomic E-state index is 0.105. The van der Waals surface area contributed by atoms with Crippen molar-refractivity contribution in [3.8, 4) is 0 Å². The molecule has 7 nitrogen and oxygen atoms in total. The van der Waals surface area contributed by atoms with Gasteiger partial charge in [0.15, 0.2) is 15.0 Å². The van der Waals surface area contributed by atoms with Gasteiger partial charge in [0.25, 0.3) is 5.91 Å². The highest BCUT2D eigenvalue weighted by atomic mass is 35.5. The molecule has 166 valence electrons. The number of sulfone groups is 1. The predicted molar refractivity (Wildman–Crippen MR) is 127 cm³/mol. The summed E-state index contributed by atoms with van der Waals surface area (Å²) in [6.45, 7) is 3.02. The molecule has 2 heterocycles. The van der Waals surface area contributed by atoms with Crippen molar-refractivity contribution in [3.05, 3.63) is 71.3 Å². The summed E-state index contributed by atoms with van der Waals surface area (Å²) in [5.74, 6) is -0.302. The first-order valence-electron chi connectivity index (χ1n) is 9.87. The van der Waals surface area contributed by atoms with Crippen LogP contribution in [0.5, 0.6) is 0 Å². The van der Waals surface area contributed by atoms with E-state index in [4.69, 9.17) is 16.6 Å². The number of rotatable bonds is 7. The second kappa shape index (κ2) is 9.01. The highest BCUT2D eigenvalue weighted by molar-refractivity contribution is 7.90. The minimum Gasteiger partial charge on any atom is -0.337 e. The third-order valence-corrected chi connectivity index (χ3v) is 7.34. The molecule has 32 heavy (non-hydrogen) atoms. The number of hydrogen-bond acceptors (Lipinski definition) is 6. The fraction of sp³-hybridized carbons (Fsp3) is 0.227. The quantitative estimate of drug-likeness (QED) is 0.379. The standard InChI is InChI=1S/C22H21ClN4O3S2/c1-15-11-17(23)13-19-20(15)25-22(31-19)27(9-4-8-26-10-7-24-14-26)21(28)16-5-3-6-18(12-16)32(2,29)30/h3,5-7,10-14H,4,8-9H2,1-2H3. The Balaban J connectivity index is 1.70. The van der Waals surface area contributed by atoms with Gasteiger partial charge in [-0.1, -0.05) is 29.0 Å². The average molecular weight is 489 g/mol. The Morgan fingerprint density at radius 1 is 1.25 bits per heavy atom. The van der Waals surface area contributed by atoms with Crippen molar-refractivity contribution in [2.75, 3.05) is 17.7 Å². The number of imidazole rings is 1. The number of anilines is 1. The molecule has 1 amide bonds. The molecule has 2 aromatic carbocycles. The summed E-state index contributed by atoms with van der Waals surface area (Å²) in [4.78, 5) is 24.0. The number of aryl methyl sites for hydroxylation is 2. The highest BCUT2D eigenvalue weighted by Crippen LogP contribution is 2.34. The molecule has 0 aliphatic heterocycles. The third-order valence-electron chi connectivity index (χ3n) is 4.98. The maximum atomic E-state index is 13.5. The molecular weight excluding hydrogens is 468 g/mol. The molecule has 2 aromatic heterocycles. The summed E-state index contributed by atoms with van der Waals surface area (Å²) in [6, 6.07) is 9.77. The van der Waals surface area contributed by atoms with E-state index in [0.29, 0.717) is 35.2 Å². The van der Waals surface area contributed by atoms with E-state index in [-0.39, 0.29) is 10.8 Å². The molecular formula is C22H21ClN4O3S2. The number of halogens is 1. The lowest BCUT2D eigenvalue weighted by molar-refractivity contribution is 0.0986. The lowest BCUT2D eigenvalue weighted by Gasteiger charge is -2.20. The van der Waals surface area contributed by atoms with E-state index in [0.717, 1.165) is 22.0 Å². The molecule has 0 radical (unpaired) electrons. The van der Waals surface area contributed by atoms with Gasteiger partial charge in [0.05, 0.1) is 21.4 Å². The largest absolute Gasteiger partial charge is 0.337 e. The van der Waals surface area contributed by atoms with E-state index in [9.17, 15) is 13.2 Å². The van der Waals surface area contributed by atoms with E-state index in [2.05, 4.69) is 4.98 Å². The third kappa shape index (κ3) is 4.85. The van der Waals surface area contributed by atoms with E-state index in [1.807, 2.05) is 29.8 Å². The molecule has 0 N–H and O–H groups in total. The summed E-state index contributed by atoms with van der Waals surface area (Å²) >= 11 is 7.59. The van der Waals surface area contributed by atoms with Crippen LogP contribution in [0.2, 0.25) is 5.02 Å². The molecule has 0 unspecified atom stereocenters. The second-order valence-electron chi connectivity index (χ2n) is 7.48. The van der Waals surface area contributed by atoms with Crippen molar-refractivity contribution in [1.29, 1.82) is 0 Å². The van der Waals surface area contributed by atoms with Crippen molar-refractivity contribution in [2.45, 2.75) is 24.8 Å². The molecule has 10 heteroatoms. The molecule has 0 bridgehead atoms. The van der Waals surface area contributed by atoms with Gasteiger partial charge in [0.1, 0.15) is 0 Å². The van der Waals surface area contributed by atoms with Crippen LogP contribution in [0.25, 0.3) is 10.2 Å². The lowest BCUT2D eigenvalue weighted by atomic mass is 10.2. The molecule has 0 saturated heterocycles. The summed E-state index contributed by atoms with van der Waals surface area (Å²) in [5, 5.41) is 1.16. The van der Waals surface area contributed by atoms with Crippen LogP contribution >= 0.6 is 22.9 Å². The monoisotopic (exact) mass is 488 g/mol. The van der Waals surface area contributed by atoms with E-state index < -0.39 is 9.84 Å².